The first-order valence-corrected chi connectivity index (χ1v) is 6.60. The molecule has 1 fully saturated rings. The number of amides is 1. The number of hydrazine groups is 1. The smallest absolute Gasteiger partial charge is 0.282 e. The van der Waals surface area contributed by atoms with Crippen LogP contribution in [0.2, 0.25) is 0 Å². The fraction of sp³-hybridized carbons (Fsp3) is 0.462. The molecule has 8 heteroatoms. The minimum Gasteiger partial charge on any atom is -0.379 e. The zero-order chi connectivity index (χ0) is 15.5. The normalized spacial score (nSPS) is 21.6. The number of ether oxygens (including phenoxy) is 1. The van der Waals surface area contributed by atoms with Gasteiger partial charge in [-0.2, -0.15) is 0 Å². The molecule has 1 heterocycles. The predicted octanol–water partition coefficient (Wildman–Crippen LogP) is 1.18. The summed E-state index contributed by atoms with van der Waals surface area (Å²) in [6.45, 7) is 2.92. The van der Waals surface area contributed by atoms with Gasteiger partial charge >= 0.3 is 0 Å². The lowest BCUT2D eigenvalue weighted by Gasteiger charge is -2.34. The molecule has 0 radical (unpaired) electrons. The van der Waals surface area contributed by atoms with Crippen molar-refractivity contribution >= 4 is 17.3 Å². The Morgan fingerprint density at radius 2 is 2.29 bits per heavy atom. The first kappa shape index (κ1) is 15.2. The van der Waals surface area contributed by atoms with E-state index in [1.807, 2.05) is 6.92 Å². The van der Waals surface area contributed by atoms with Gasteiger partial charge in [-0.1, -0.05) is 0 Å². The van der Waals surface area contributed by atoms with Crippen molar-refractivity contribution in [1.29, 1.82) is 0 Å². The van der Waals surface area contributed by atoms with Crippen molar-refractivity contribution in [1.82, 2.24) is 5.32 Å². The van der Waals surface area contributed by atoms with Gasteiger partial charge in [-0.3, -0.25) is 20.8 Å². The van der Waals surface area contributed by atoms with Gasteiger partial charge in [-0.25, -0.2) is 0 Å². The molecule has 0 aliphatic carbocycles. The molecule has 0 saturated carbocycles. The van der Waals surface area contributed by atoms with Gasteiger partial charge in [-0.05, 0) is 31.9 Å². The SMILES string of the molecule is CC1(NC(=O)c2cc(NN)ccc2[N+](=O)[O-])CCCOC1. The molecule has 0 aromatic heterocycles. The molecule has 4 N–H and O–H groups in total. The fourth-order valence-corrected chi connectivity index (χ4v) is 2.34. The Labute approximate surface area is 121 Å². The standard InChI is InChI=1S/C13H18N4O4/c1-13(5-2-6-21-8-13)15-12(18)10-7-9(16-14)3-4-11(10)17(19)20/h3-4,7,16H,2,5-6,8,14H2,1H3,(H,15,18). The van der Waals surface area contributed by atoms with Crippen LogP contribution in [0, 0.1) is 10.1 Å². The highest BCUT2D eigenvalue weighted by Crippen LogP contribution is 2.24. The number of nitro benzene ring substituents is 1. The molecule has 1 aliphatic rings. The maximum Gasteiger partial charge on any atom is 0.282 e. The van der Waals surface area contributed by atoms with Crippen molar-refractivity contribution in [3.05, 3.63) is 33.9 Å². The molecule has 1 unspecified atom stereocenters. The van der Waals surface area contributed by atoms with E-state index in [0.29, 0.717) is 18.9 Å². The van der Waals surface area contributed by atoms with E-state index in [-0.39, 0.29) is 11.3 Å². The number of anilines is 1. The van der Waals surface area contributed by atoms with E-state index in [4.69, 9.17) is 10.6 Å². The number of carbonyl (C=O) groups excluding carboxylic acids is 1. The summed E-state index contributed by atoms with van der Waals surface area (Å²) in [5.41, 5.74) is 2.00. The number of hydrogen-bond donors (Lipinski definition) is 3. The Hall–Kier alpha value is -2.19. The lowest BCUT2D eigenvalue weighted by molar-refractivity contribution is -0.385. The molecule has 1 aromatic rings. The Morgan fingerprint density at radius 3 is 2.86 bits per heavy atom. The van der Waals surface area contributed by atoms with Crippen LogP contribution in [0.4, 0.5) is 11.4 Å². The van der Waals surface area contributed by atoms with Crippen molar-refractivity contribution in [3.8, 4) is 0 Å². The Kier molecular flexibility index (Phi) is 4.39. The van der Waals surface area contributed by atoms with Gasteiger partial charge in [-0.15, -0.1) is 0 Å². The third kappa shape index (κ3) is 3.47. The second-order valence-electron chi connectivity index (χ2n) is 5.30. The summed E-state index contributed by atoms with van der Waals surface area (Å²) in [5, 5.41) is 13.9. The van der Waals surface area contributed by atoms with Crippen molar-refractivity contribution in [2.24, 2.45) is 5.84 Å². The van der Waals surface area contributed by atoms with Crippen LogP contribution in [0.3, 0.4) is 0 Å². The number of benzene rings is 1. The number of nitrogens with two attached hydrogens (primary N) is 1. The average Bonchev–Trinajstić information content (AvgIpc) is 2.46. The molecule has 1 atom stereocenters. The van der Waals surface area contributed by atoms with Gasteiger partial charge in [0.2, 0.25) is 0 Å². The van der Waals surface area contributed by atoms with Crippen LogP contribution in [0.15, 0.2) is 18.2 Å². The van der Waals surface area contributed by atoms with Crippen LogP contribution < -0.4 is 16.6 Å². The number of rotatable bonds is 4. The highest BCUT2D eigenvalue weighted by atomic mass is 16.6. The zero-order valence-corrected chi connectivity index (χ0v) is 11.7. The van der Waals surface area contributed by atoms with Crippen molar-refractivity contribution in [3.63, 3.8) is 0 Å². The molecular weight excluding hydrogens is 276 g/mol. The van der Waals surface area contributed by atoms with Gasteiger partial charge in [0.15, 0.2) is 0 Å². The number of carbonyl (C=O) groups is 1. The van der Waals surface area contributed by atoms with Gasteiger partial charge in [0.1, 0.15) is 5.56 Å². The second kappa shape index (κ2) is 6.06. The Morgan fingerprint density at radius 1 is 1.52 bits per heavy atom. The van der Waals surface area contributed by atoms with E-state index in [0.717, 1.165) is 12.8 Å². The second-order valence-corrected chi connectivity index (χ2v) is 5.30. The number of nitrogen functional groups attached to an aromatic ring is 1. The molecule has 2 rings (SSSR count). The topological polar surface area (TPSA) is 120 Å². The van der Waals surface area contributed by atoms with E-state index >= 15 is 0 Å². The average molecular weight is 294 g/mol. The van der Waals surface area contributed by atoms with Crippen LogP contribution in [0.1, 0.15) is 30.1 Å². The van der Waals surface area contributed by atoms with Crippen LogP contribution in [0.25, 0.3) is 0 Å². The Bertz CT molecular complexity index is 555. The summed E-state index contributed by atoms with van der Waals surface area (Å²) < 4.78 is 5.36. The maximum absolute atomic E-state index is 12.4. The van der Waals surface area contributed by atoms with Crippen molar-refractivity contribution in [2.75, 3.05) is 18.6 Å². The number of nitro groups is 1. The summed E-state index contributed by atoms with van der Waals surface area (Å²) in [5.74, 6) is 4.78. The van der Waals surface area contributed by atoms with Crippen molar-refractivity contribution < 1.29 is 14.5 Å². The van der Waals surface area contributed by atoms with Crippen molar-refractivity contribution in [2.45, 2.75) is 25.3 Å². The minimum absolute atomic E-state index is 0.0257. The summed E-state index contributed by atoms with van der Waals surface area (Å²) in [6, 6.07) is 4.06. The highest BCUT2D eigenvalue weighted by molar-refractivity contribution is 5.99. The summed E-state index contributed by atoms with van der Waals surface area (Å²) in [6.07, 6.45) is 1.60. The van der Waals surface area contributed by atoms with E-state index in [1.165, 1.54) is 18.2 Å². The molecule has 0 spiro atoms. The van der Waals surface area contributed by atoms with Gasteiger partial charge in [0.05, 0.1) is 17.1 Å². The van der Waals surface area contributed by atoms with Gasteiger partial charge in [0, 0.05) is 18.4 Å². The third-order valence-corrected chi connectivity index (χ3v) is 3.46. The van der Waals surface area contributed by atoms with Crippen LogP contribution >= 0.6 is 0 Å². The first-order valence-electron chi connectivity index (χ1n) is 6.60. The van der Waals surface area contributed by atoms with Gasteiger partial charge in [0.25, 0.3) is 11.6 Å². The Balaban J connectivity index is 2.26. The summed E-state index contributed by atoms with van der Waals surface area (Å²) in [7, 11) is 0. The quantitative estimate of drug-likeness (QED) is 0.436. The van der Waals surface area contributed by atoms with E-state index in [9.17, 15) is 14.9 Å². The van der Waals surface area contributed by atoms with E-state index in [1.54, 1.807) is 0 Å². The molecule has 1 amide bonds. The lowest BCUT2D eigenvalue weighted by atomic mass is 9.94. The summed E-state index contributed by atoms with van der Waals surface area (Å²) >= 11 is 0. The van der Waals surface area contributed by atoms with Crippen LogP contribution in [0.5, 0.6) is 0 Å². The number of nitrogens with zero attached hydrogens (tertiary/aromatic N) is 1. The van der Waals surface area contributed by atoms with Crippen LogP contribution in [-0.4, -0.2) is 29.6 Å². The molecule has 8 nitrogen and oxygen atoms in total. The molecule has 21 heavy (non-hydrogen) atoms. The molecule has 0 bridgehead atoms. The monoisotopic (exact) mass is 294 g/mol. The van der Waals surface area contributed by atoms with Crippen LogP contribution in [-0.2, 0) is 4.74 Å². The largest absolute Gasteiger partial charge is 0.379 e. The molecular formula is C13H18N4O4. The maximum atomic E-state index is 12.4. The summed E-state index contributed by atoms with van der Waals surface area (Å²) in [4.78, 5) is 22.8. The predicted molar refractivity (Wildman–Crippen MR) is 76.8 cm³/mol. The first-order chi connectivity index (χ1) is 9.95. The zero-order valence-electron chi connectivity index (χ0n) is 11.7. The minimum atomic E-state index is -0.588. The molecule has 114 valence electrons. The number of nitrogens with one attached hydrogen (secondary N) is 2. The molecule has 1 saturated heterocycles. The van der Waals surface area contributed by atoms with E-state index in [2.05, 4.69) is 10.7 Å². The third-order valence-electron chi connectivity index (χ3n) is 3.46. The van der Waals surface area contributed by atoms with E-state index < -0.39 is 16.4 Å². The molecule has 1 aliphatic heterocycles. The van der Waals surface area contributed by atoms with Gasteiger partial charge < -0.3 is 15.5 Å². The highest BCUT2D eigenvalue weighted by Gasteiger charge is 2.31. The lowest BCUT2D eigenvalue weighted by Crippen LogP contribution is -2.51. The fourth-order valence-electron chi connectivity index (χ4n) is 2.34. The molecule has 1 aromatic carbocycles. The number of hydrogen-bond acceptors (Lipinski definition) is 6.